The average molecular weight is 300 g/mol. The largest absolute Gasteiger partial charge is 0.396 e. The summed E-state index contributed by atoms with van der Waals surface area (Å²) in [7, 11) is 0. The number of aliphatic hydroxyl groups excluding tert-OH is 1. The van der Waals surface area contributed by atoms with Crippen LogP contribution in [0.2, 0.25) is 0 Å². The van der Waals surface area contributed by atoms with Gasteiger partial charge in [0.2, 0.25) is 0 Å². The van der Waals surface area contributed by atoms with Gasteiger partial charge in [-0.15, -0.1) is 0 Å². The molecule has 1 unspecified atom stereocenters. The Bertz CT molecular complexity index is 351. The van der Waals surface area contributed by atoms with E-state index in [1.165, 1.54) is 0 Å². The highest BCUT2D eigenvalue weighted by molar-refractivity contribution is 9.10. The SMILES string of the molecule is CCC(CCO)CNC(=O)c1ccc(Br)cc1. The Labute approximate surface area is 110 Å². The highest BCUT2D eigenvalue weighted by Crippen LogP contribution is 2.11. The van der Waals surface area contributed by atoms with Gasteiger partial charge in [-0.25, -0.2) is 0 Å². The third kappa shape index (κ3) is 4.88. The lowest BCUT2D eigenvalue weighted by atomic mass is 10.0. The van der Waals surface area contributed by atoms with Crippen molar-refractivity contribution < 1.29 is 9.90 Å². The fourth-order valence-corrected chi connectivity index (χ4v) is 1.84. The number of amides is 1. The zero-order valence-electron chi connectivity index (χ0n) is 9.95. The number of carbonyl (C=O) groups is 1. The quantitative estimate of drug-likeness (QED) is 0.848. The molecule has 0 aliphatic carbocycles. The maximum Gasteiger partial charge on any atom is 0.251 e. The molecule has 4 heteroatoms. The van der Waals surface area contributed by atoms with Gasteiger partial charge in [0.05, 0.1) is 0 Å². The van der Waals surface area contributed by atoms with Crippen molar-refractivity contribution in [3.63, 3.8) is 0 Å². The van der Waals surface area contributed by atoms with E-state index >= 15 is 0 Å². The van der Waals surface area contributed by atoms with Crippen molar-refractivity contribution in [3.8, 4) is 0 Å². The molecule has 0 aliphatic heterocycles. The van der Waals surface area contributed by atoms with E-state index in [0.717, 1.165) is 17.3 Å². The first-order chi connectivity index (χ1) is 8.17. The summed E-state index contributed by atoms with van der Waals surface area (Å²) in [5.74, 6) is 0.285. The summed E-state index contributed by atoms with van der Waals surface area (Å²) in [6, 6.07) is 7.26. The average Bonchev–Trinajstić information content (AvgIpc) is 2.35. The third-order valence-electron chi connectivity index (χ3n) is 2.77. The maximum absolute atomic E-state index is 11.8. The molecule has 0 aromatic heterocycles. The normalized spacial score (nSPS) is 12.2. The van der Waals surface area contributed by atoms with E-state index in [-0.39, 0.29) is 12.5 Å². The number of benzene rings is 1. The minimum atomic E-state index is -0.0612. The van der Waals surface area contributed by atoms with Crippen LogP contribution in [0.15, 0.2) is 28.7 Å². The van der Waals surface area contributed by atoms with Crippen molar-refractivity contribution in [1.29, 1.82) is 0 Å². The molecule has 1 atom stereocenters. The van der Waals surface area contributed by atoms with Crippen LogP contribution in [-0.2, 0) is 0 Å². The molecule has 2 N–H and O–H groups in total. The van der Waals surface area contributed by atoms with E-state index in [1.54, 1.807) is 12.1 Å². The summed E-state index contributed by atoms with van der Waals surface area (Å²) in [6.45, 7) is 2.85. The number of rotatable bonds is 6. The van der Waals surface area contributed by atoms with Gasteiger partial charge in [0.25, 0.3) is 5.91 Å². The van der Waals surface area contributed by atoms with Gasteiger partial charge >= 0.3 is 0 Å². The molecule has 3 nitrogen and oxygen atoms in total. The summed E-state index contributed by atoms with van der Waals surface area (Å²) in [6.07, 6.45) is 1.69. The predicted octanol–water partition coefficient (Wildman–Crippen LogP) is 2.59. The Morgan fingerprint density at radius 3 is 2.59 bits per heavy atom. The van der Waals surface area contributed by atoms with Crippen LogP contribution < -0.4 is 5.32 Å². The summed E-state index contributed by atoms with van der Waals surface area (Å²) in [5, 5.41) is 11.8. The van der Waals surface area contributed by atoms with Gasteiger partial charge in [-0.1, -0.05) is 29.3 Å². The standard InChI is InChI=1S/C13H18BrNO2/c1-2-10(7-8-16)9-15-13(17)11-3-5-12(14)6-4-11/h3-6,10,16H,2,7-9H2,1H3,(H,15,17). The van der Waals surface area contributed by atoms with E-state index in [1.807, 2.05) is 12.1 Å². The first-order valence-corrected chi connectivity index (χ1v) is 6.61. The predicted molar refractivity (Wildman–Crippen MR) is 72.0 cm³/mol. The molecule has 0 bridgehead atoms. The lowest BCUT2D eigenvalue weighted by Gasteiger charge is -2.14. The van der Waals surface area contributed by atoms with Crippen molar-refractivity contribution in [2.45, 2.75) is 19.8 Å². The number of halogens is 1. The molecule has 0 heterocycles. The van der Waals surface area contributed by atoms with Crippen LogP contribution in [0.5, 0.6) is 0 Å². The minimum Gasteiger partial charge on any atom is -0.396 e. The van der Waals surface area contributed by atoms with Gasteiger partial charge in [0, 0.05) is 23.2 Å². The van der Waals surface area contributed by atoms with Gasteiger partial charge in [-0.3, -0.25) is 4.79 Å². The summed E-state index contributed by atoms with van der Waals surface area (Å²) in [4.78, 5) is 11.8. The van der Waals surface area contributed by atoms with Crippen LogP contribution in [-0.4, -0.2) is 24.2 Å². The van der Waals surface area contributed by atoms with Crippen LogP contribution >= 0.6 is 15.9 Å². The van der Waals surface area contributed by atoms with Crippen molar-refractivity contribution in [2.24, 2.45) is 5.92 Å². The van der Waals surface area contributed by atoms with Crippen molar-refractivity contribution in [1.82, 2.24) is 5.32 Å². The van der Waals surface area contributed by atoms with E-state index in [9.17, 15) is 4.79 Å². The van der Waals surface area contributed by atoms with E-state index in [0.29, 0.717) is 18.0 Å². The zero-order chi connectivity index (χ0) is 12.7. The molecule has 0 saturated heterocycles. The van der Waals surface area contributed by atoms with Gasteiger partial charge in [-0.05, 0) is 36.6 Å². The number of carbonyl (C=O) groups excluding carboxylic acids is 1. The lowest BCUT2D eigenvalue weighted by Crippen LogP contribution is -2.29. The van der Waals surface area contributed by atoms with Crippen molar-refractivity contribution >= 4 is 21.8 Å². The fourth-order valence-electron chi connectivity index (χ4n) is 1.57. The van der Waals surface area contributed by atoms with Crippen LogP contribution in [0, 0.1) is 5.92 Å². The molecule has 0 radical (unpaired) electrons. The second-order valence-electron chi connectivity index (χ2n) is 4.00. The fraction of sp³-hybridized carbons (Fsp3) is 0.462. The van der Waals surface area contributed by atoms with E-state index in [4.69, 9.17) is 5.11 Å². The lowest BCUT2D eigenvalue weighted by molar-refractivity contribution is 0.0943. The second-order valence-corrected chi connectivity index (χ2v) is 4.92. The first-order valence-electron chi connectivity index (χ1n) is 5.82. The Morgan fingerprint density at radius 1 is 1.41 bits per heavy atom. The molecule has 0 saturated carbocycles. The summed E-state index contributed by atoms with van der Waals surface area (Å²) < 4.78 is 0.959. The molecular formula is C13H18BrNO2. The Hall–Kier alpha value is -0.870. The van der Waals surface area contributed by atoms with Crippen LogP contribution in [0.4, 0.5) is 0 Å². The van der Waals surface area contributed by atoms with Gasteiger partial charge in [-0.2, -0.15) is 0 Å². The molecule has 1 aromatic carbocycles. The summed E-state index contributed by atoms with van der Waals surface area (Å²) >= 11 is 3.33. The molecule has 0 spiro atoms. The number of hydrogen-bond donors (Lipinski definition) is 2. The highest BCUT2D eigenvalue weighted by Gasteiger charge is 2.09. The van der Waals surface area contributed by atoms with E-state index < -0.39 is 0 Å². The Morgan fingerprint density at radius 2 is 2.06 bits per heavy atom. The Kier molecular flexibility index (Phi) is 6.22. The topological polar surface area (TPSA) is 49.3 Å². The molecule has 1 rings (SSSR count). The minimum absolute atomic E-state index is 0.0612. The smallest absolute Gasteiger partial charge is 0.251 e. The molecular weight excluding hydrogens is 282 g/mol. The zero-order valence-corrected chi connectivity index (χ0v) is 11.5. The van der Waals surface area contributed by atoms with Gasteiger partial charge in [0.1, 0.15) is 0 Å². The third-order valence-corrected chi connectivity index (χ3v) is 3.30. The molecule has 0 aliphatic rings. The molecule has 17 heavy (non-hydrogen) atoms. The number of aliphatic hydroxyl groups is 1. The number of nitrogens with one attached hydrogen (secondary N) is 1. The molecule has 1 aromatic rings. The number of hydrogen-bond acceptors (Lipinski definition) is 2. The maximum atomic E-state index is 11.8. The molecule has 94 valence electrons. The van der Waals surface area contributed by atoms with Crippen LogP contribution in [0.1, 0.15) is 30.1 Å². The van der Waals surface area contributed by atoms with Crippen LogP contribution in [0.3, 0.4) is 0 Å². The van der Waals surface area contributed by atoms with Gasteiger partial charge in [0.15, 0.2) is 0 Å². The first kappa shape index (κ1) is 14.2. The van der Waals surface area contributed by atoms with Crippen molar-refractivity contribution in [3.05, 3.63) is 34.3 Å². The van der Waals surface area contributed by atoms with Gasteiger partial charge < -0.3 is 10.4 Å². The van der Waals surface area contributed by atoms with Crippen LogP contribution in [0.25, 0.3) is 0 Å². The monoisotopic (exact) mass is 299 g/mol. The molecule has 1 amide bonds. The molecule has 0 fully saturated rings. The second kappa shape index (κ2) is 7.45. The highest BCUT2D eigenvalue weighted by atomic mass is 79.9. The summed E-state index contributed by atoms with van der Waals surface area (Å²) in [5.41, 5.74) is 0.659. The van der Waals surface area contributed by atoms with Crippen molar-refractivity contribution in [2.75, 3.05) is 13.2 Å². The van der Waals surface area contributed by atoms with E-state index in [2.05, 4.69) is 28.2 Å². The Balaban J connectivity index is 2.46.